The van der Waals surface area contributed by atoms with Gasteiger partial charge in [-0.05, 0) is 31.0 Å². The summed E-state index contributed by atoms with van der Waals surface area (Å²) in [6.45, 7) is 0.880. The van der Waals surface area contributed by atoms with Crippen LogP contribution in [0, 0.1) is 5.82 Å². The first-order chi connectivity index (χ1) is 8.56. The minimum Gasteiger partial charge on any atom is -0.391 e. The van der Waals surface area contributed by atoms with Gasteiger partial charge in [0.1, 0.15) is 5.82 Å². The maximum absolute atomic E-state index is 13.5. The number of nitrogens with zero attached hydrogens (tertiary/aromatic N) is 1. The third-order valence-electron chi connectivity index (χ3n) is 2.86. The summed E-state index contributed by atoms with van der Waals surface area (Å²) in [5.74, 6) is -0.490. The molecule has 2 amide bonds. The van der Waals surface area contributed by atoms with Gasteiger partial charge in [0.05, 0.1) is 11.8 Å². The second-order valence-corrected chi connectivity index (χ2v) is 5.21. The predicted molar refractivity (Wildman–Crippen MR) is 69.9 cm³/mol. The van der Waals surface area contributed by atoms with Crippen molar-refractivity contribution in [2.45, 2.75) is 18.9 Å². The van der Waals surface area contributed by atoms with Crippen molar-refractivity contribution in [2.75, 3.05) is 18.4 Å². The van der Waals surface area contributed by atoms with Crippen LogP contribution in [0.2, 0.25) is 0 Å². The molecule has 6 heteroatoms. The minimum absolute atomic E-state index is 0.142. The maximum Gasteiger partial charge on any atom is 0.322 e. The number of hydrogen-bond acceptors (Lipinski definition) is 2. The van der Waals surface area contributed by atoms with E-state index >= 15 is 0 Å². The fourth-order valence-electron chi connectivity index (χ4n) is 1.92. The molecule has 1 heterocycles. The van der Waals surface area contributed by atoms with Crippen LogP contribution in [-0.2, 0) is 0 Å². The molecule has 2 rings (SSSR count). The number of benzene rings is 1. The topological polar surface area (TPSA) is 52.6 Å². The van der Waals surface area contributed by atoms with Crippen LogP contribution in [0.5, 0.6) is 0 Å². The van der Waals surface area contributed by atoms with Gasteiger partial charge < -0.3 is 15.3 Å². The number of halogens is 2. The highest BCUT2D eigenvalue weighted by Crippen LogP contribution is 2.20. The first kappa shape index (κ1) is 13.3. The number of rotatable bonds is 1. The quantitative estimate of drug-likeness (QED) is 0.836. The molecule has 1 fully saturated rings. The molecule has 0 aliphatic carbocycles. The molecule has 1 unspecified atom stereocenters. The van der Waals surface area contributed by atoms with Gasteiger partial charge in [-0.1, -0.05) is 15.9 Å². The van der Waals surface area contributed by atoms with Crippen LogP contribution in [0.3, 0.4) is 0 Å². The lowest BCUT2D eigenvalue weighted by atomic mass is 10.1. The fourth-order valence-corrected chi connectivity index (χ4v) is 2.26. The smallest absolute Gasteiger partial charge is 0.322 e. The van der Waals surface area contributed by atoms with Crippen molar-refractivity contribution >= 4 is 27.6 Å². The molecular weight excluding hydrogens is 303 g/mol. The van der Waals surface area contributed by atoms with Gasteiger partial charge in [0.15, 0.2) is 0 Å². The van der Waals surface area contributed by atoms with Gasteiger partial charge in [-0.3, -0.25) is 0 Å². The van der Waals surface area contributed by atoms with Gasteiger partial charge in [-0.15, -0.1) is 0 Å². The largest absolute Gasteiger partial charge is 0.391 e. The van der Waals surface area contributed by atoms with Crippen LogP contribution >= 0.6 is 15.9 Å². The monoisotopic (exact) mass is 316 g/mol. The molecule has 0 bridgehead atoms. The van der Waals surface area contributed by atoms with Crippen LogP contribution in [0.1, 0.15) is 12.8 Å². The molecule has 1 aromatic carbocycles. The number of anilines is 1. The van der Waals surface area contributed by atoms with E-state index in [4.69, 9.17) is 0 Å². The summed E-state index contributed by atoms with van der Waals surface area (Å²) < 4.78 is 14.2. The highest BCUT2D eigenvalue weighted by atomic mass is 79.9. The van der Waals surface area contributed by atoms with Crippen molar-refractivity contribution in [3.63, 3.8) is 0 Å². The van der Waals surface area contributed by atoms with Crippen molar-refractivity contribution in [1.29, 1.82) is 0 Å². The number of carbonyl (C=O) groups is 1. The van der Waals surface area contributed by atoms with Crippen LogP contribution in [0.4, 0.5) is 14.9 Å². The third-order valence-corrected chi connectivity index (χ3v) is 3.35. The first-order valence-corrected chi connectivity index (χ1v) is 6.54. The van der Waals surface area contributed by atoms with Crippen LogP contribution in [0.25, 0.3) is 0 Å². The molecule has 0 radical (unpaired) electrons. The third kappa shape index (κ3) is 3.20. The number of piperidine rings is 1. The van der Waals surface area contributed by atoms with Gasteiger partial charge in [0.25, 0.3) is 0 Å². The molecule has 4 nitrogen and oxygen atoms in total. The van der Waals surface area contributed by atoms with E-state index in [1.807, 2.05) is 0 Å². The van der Waals surface area contributed by atoms with E-state index in [1.54, 1.807) is 6.07 Å². The second-order valence-electron chi connectivity index (χ2n) is 4.30. The highest BCUT2D eigenvalue weighted by molar-refractivity contribution is 9.10. The predicted octanol–water partition coefficient (Wildman–Crippen LogP) is 2.58. The number of hydrogen-bond donors (Lipinski definition) is 2. The van der Waals surface area contributed by atoms with Crippen LogP contribution in [-0.4, -0.2) is 35.2 Å². The minimum atomic E-state index is -0.490. The Hall–Kier alpha value is -1.14. The number of β-amino-alcohol motifs (C(OH)–C–C–N with tert-alkyl or cyclic N) is 1. The van der Waals surface area contributed by atoms with Crippen molar-refractivity contribution < 1.29 is 14.3 Å². The zero-order chi connectivity index (χ0) is 13.1. The second kappa shape index (κ2) is 5.67. The molecule has 1 aromatic rings. The van der Waals surface area contributed by atoms with E-state index in [-0.39, 0.29) is 11.7 Å². The average molecular weight is 317 g/mol. The Labute approximate surface area is 113 Å². The zero-order valence-corrected chi connectivity index (χ0v) is 11.3. The van der Waals surface area contributed by atoms with Gasteiger partial charge in [0, 0.05) is 17.6 Å². The SMILES string of the molecule is O=C(Nc1ccc(Br)cc1F)N1CCCC(O)C1. The lowest BCUT2D eigenvalue weighted by Crippen LogP contribution is -2.44. The van der Waals surface area contributed by atoms with Gasteiger partial charge in [-0.2, -0.15) is 0 Å². The number of aliphatic hydroxyl groups excluding tert-OH is 1. The van der Waals surface area contributed by atoms with Crippen LogP contribution < -0.4 is 5.32 Å². The van der Waals surface area contributed by atoms with Gasteiger partial charge >= 0.3 is 6.03 Å². The van der Waals surface area contributed by atoms with Gasteiger partial charge in [0.2, 0.25) is 0 Å². The van der Waals surface area contributed by atoms with Crippen molar-refractivity contribution in [3.8, 4) is 0 Å². The Morgan fingerprint density at radius 3 is 3.00 bits per heavy atom. The van der Waals surface area contributed by atoms with Crippen molar-refractivity contribution in [2.24, 2.45) is 0 Å². The number of urea groups is 1. The molecule has 1 aliphatic rings. The number of carbonyl (C=O) groups excluding carboxylic acids is 1. The van der Waals surface area contributed by atoms with Crippen molar-refractivity contribution in [3.05, 3.63) is 28.5 Å². The number of likely N-dealkylation sites (tertiary alicyclic amines) is 1. The summed E-state index contributed by atoms with van der Waals surface area (Å²) in [5, 5.41) is 12.0. The van der Waals surface area contributed by atoms with Gasteiger partial charge in [-0.25, -0.2) is 9.18 Å². The lowest BCUT2D eigenvalue weighted by Gasteiger charge is -2.30. The van der Waals surface area contributed by atoms with E-state index in [1.165, 1.54) is 17.0 Å². The molecule has 0 aromatic heterocycles. The summed E-state index contributed by atoms with van der Waals surface area (Å²) in [6, 6.07) is 4.07. The molecule has 0 spiro atoms. The molecule has 18 heavy (non-hydrogen) atoms. The number of nitrogens with one attached hydrogen (secondary N) is 1. The van der Waals surface area contributed by atoms with E-state index in [0.717, 1.165) is 6.42 Å². The Kier molecular flexibility index (Phi) is 4.19. The molecule has 1 atom stereocenters. The van der Waals surface area contributed by atoms with Crippen molar-refractivity contribution in [1.82, 2.24) is 4.90 Å². The Balaban J connectivity index is 2.02. The zero-order valence-electron chi connectivity index (χ0n) is 9.70. The Morgan fingerprint density at radius 1 is 1.56 bits per heavy atom. The van der Waals surface area contributed by atoms with Crippen LogP contribution in [0.15, 0.2) is 22.7 Å². The van der Waals surface area contributed by atoms with E-state index in [2.05, 4.69) is 21.2 Å². The standard InChI is InChI=1S/C12H14BrFN2O2/c13-8-3-4-11(10(14)6-8)15-12(18)16-5-1-2-9(17)7-16/h3-4,6,9,17H,1-2,5,7H2,(H,15,18). The molecule has 2 N–H and O–H groups in total. The normalized spacial score (nSPS) is 19.7. The molecular formula is C12H14BrFN2O2. The summed E-state index contributed by atoms with van der Waals surface area (Å²) in [4.78, 5) is 13.4. The molecule has 0 saturated carbocycles. The summed E-state index contributed by atoms with van der Waals surface area (Å²) in [7, 11) is 0. The first-order valence-electron chi connectivity index (χ1n) is 5.75. The van der Waals surface area contributed by atoms with E-state index in [0.29, 0.717) is 24.0 Å². The highest BCUT2D eigenvalue weighted by Gasteiger charge is 2.22. The molecule has 1 saturated heterocycles. The maximum atomic E-state index is 13.5. The Morgan fingerprint density at radius 2 is 2.33 bits per heavy atom. The lowest BCUT2D eigenvalue weighted by molar-refractivity contribution is 0.0883. The van der Waals surface area contributed by atoms with E-state index in [9.17, 15) is 14.3 Å². The molecule has 1 aliphatic heterocycles. The fraction of sp³-hybridized carbons (Fsp3) is 0.417. The summed E-state index contributed by atoms with van der Waals surface area (Å²) in [6.07, 6.45) is 0.979. The summed E-state index contributed by atoms with van der Waals surface area (Å²) in [5.41, 5.74) is 0.142. The number of amides is 2. The molecule has 98 valence electrons. The van der Waals surface area contributed by atoms with E-state index < -0.39 is 11.9 Å². The Bertz CT molecular complexity index is 456. The average Bonchev–Trinajstić information content (AvgIpc) is 2.32. The summed E-state index contributed by atoms with van der Waals surface area (Å²) >= 11 is 3.15. The number of aliphatic hydroxyl groups is 1.